The van der Waals surface area contributed by atoms with Crippen LogP contribution in [-0.4, -0.2) is 58.1 Å². The fraction of sp³-hybridized carbons (Fsp3) is 0.296. The number of hydrogen-bond acceptors (Lipinski definition) is 6. The molecule has 1 amide bonds. The fourth-order valence-electron chi connectivity index (χ4n) is 4.23. The number of carbonyl (C=O) groups is 1. The van der Waals surface area contributed by atoms with Crippen LogP contribution < -0.4 is 10.1 Å². The number of methoxy groups -OCH3 is 1. The molecule has 0 spiro atoms. The highest BCUT2D eigenvalue weighted by atomic mass is 32.2. The summed E-state index contributed by atoms with van der Waals surface area (Å²) in [7, 11) is -6.32. The Kier molecular flexibility index (Phi) is 8.83. The quantitative estimate of drug-likeness (QED) is 0.407. The van der Waals surface area contributed by atoms with Gasteiger partial charge >= 0.3 is 0 Å². The molecule has 0 radical (unpaired) electrons. The topological polar surface area (TPSA) is 113 Å². The lowest BCUT2D eigenvalue weighted by atomic mass is 10.2. The van der Waals surface area contributed by atoms with E-state index in [0.29, 0.717) is 30.1 Å². The van der Waals surface area contributed by atoms with Gasteiger partial charge in [-0.2, -0.15) is 8.61 Å². The van der Waals surface area contributed by atoms with E-state index < -0.39 is 32.5 Å². The molecule has 1 heterocycles. The van der Waals surface area contributed by atoms with Crippen molar-refractivity contribution in [2.45, 2.75) is 35.6 Å². The summed E-state index contributed by atoms with van der Waals surface area (Å²) in [4.78, 5) is 12.8. The zero-order valence-corrected chi connectivity index (χ0v) is 22.7. The maximum absolute atomic E-state index is 13.7. The summed E-state index contributed by atoms with van der Waals surface area (Å²) < 4.78 is 61.0. The van der Waals surface area contributed by atoms with Crippen molar-refractivity contribution in [3.8, 4) is 5.75 Å². The van der Waals surface area contributed by atoms with Gasteiger partial charge in [-0.1, -0.05) is 36.8 Å². The number of amides is 1. The van der Waals surface area contributed by atoms with E-state index in [1.54, 1.807) is 48.5 Å². The molecule has 38 heavy (non-hydrogen) atoms. The summed E-state index contributed by atoms with van der Waals surface area (Å²) in [5, 5.41) is 2.72. The van der Waals surface area contributed by atoms with Crippen LogP contribution in [0.3, 0.4) is 0 Å². The van der Waals surface area contributed by atoms with Crippen LogP contribution in [-0.2, 0) is 31.4 Å². The van der Waals surface area contributed by atoms with Gasteiger partial charge in [0.1, 0.15) is 5.75 Å². The molecule has 0 bridgehead atoms. The number of ether oxygens (including phenoxy) is 1. The van der Waals surface area contributed by atoms with Crippen LogP contribution in [0.1, 0.15) is 24.8 Å². The zero-order chi connectivity index (χ0) is 27.2. The predicted octanol–water partition coefficient (Wildman–Crippen LogP) is 3.70. The number of rotatable bonds is 10. The van der Waals surface area contributed by atoms with E-state index in [4.69, 9.17) is 4.74 Å². The number of nitrogens with zero attached hydrogens (tertiary/aromatic N) is 2. The molecular formula is C27H31N3O6S2. The number of para-hydroxylation sites is 1. The number of piperidine rings is 1. The molecule has 1 aliphatic heterocycles. The molecule has 1 aliphatic rings. The van der Waals surface area contributed by atoms with Gasteiger partial charge in [0.2, 0.25) is 26.0 Å². The van der Waals surface area contributed by atoms with Crippen LogP contribution in [0.25, 0.3) is 0 Å². The molecule has 0 saturated carbocycles. The third-order valence-corrected chi connectivity index (χ3v) is 10.0. The molecule has 0 aliphatic carbocycles. The summed E-state index contributed by atoms with van der Waals surface area (Å²) in [6, 6.07) is 20.8. The second kappa shape index (κ2) is 12.1. The van der Waals surface area contributed by atoms with E-state index in [1.807, 2.05) is 6.07 Å². The molecule has 1 fully saturated rings. The van der Waals surface area contributed by atoms with Crippen LogP contribution >= 0.6 is 0 Å². The third-order valence-electron chi connectivity index (χ3n) is 6.31. The minimum absolute atomic E-state index is 0.0434. The first-order valence-corrected chi connectivity index (χ1v) is 15.2. The van der Waals surface area contributed by atoms with Crippen LogP contribution in [0.4, 0.5) is 5.69 Å². The highest BCUT2D eigenvalue weighted by Gasteiger charge is 2.29. The van der Waals surface area contributed by atoms with Crippen molar-refractivity contribution >= 4 is 31.6 Å². The monoisotopic (exact) mass is 557 g/mol. The summed E-state index contributed by atoms with van der Waals surface area (Å²) in [5.41, 5.74) is 1.21. The van der Waals surface area contributed by atoms with E-state index >= 15 is 0 Å². The minimum atomic E-state index is -4.16. The molecule has 1 N–H and O–H groups in total. The molecule has 3 aromatic rings. The summed E-state index contributed by atoms with van der Waals surface area (Å²) in [6.45, 7) is 0.405. The number of benzene rings is 3. The van der Waals surface area contributed by atoms with Crippen molar-refractivity contribution in [2.75, 3.05) is 32.1 Å². The van der Waals surface area contributed by atoms with Crippen LogP contribution in [0.2, 0.25) is 0 Å². The van der Waals surface area contributed by atoms with Gasteiger partial charge in [-0.25, -0.2) is 16.8 Å². The van der Waals surface area contributed by atoms with E-state index in [2.05, 4.69) is 5.32 Å². The first-order chi connectivity index (χ1) is 18.2. The molecular weight excluding hydrogens is 526 g/mol. The van der Waals surface area contributed by atoms with E-state index in [0.717, 1.165) is 23.6 Å². The van der Waals surface area contributed by atoms with E-state index in [9.17, 15) is 21.6 Å². The van der Waals surface area contributed by atoms with Crippen LogP contribution in [0, 0.1) is 0 Å². The molecule has 0 aromatic heterocycles. The smallest absolute Gasteiger partial charge is 0.243 e. The van der Waals surface area contributed by atoms with E-state index in [1.165, 1.54) is 35.7 Å². The minimum Gasteiger partial charge on any atom is -0.497 e. The highest BCUT2D eigenvalue weighted by molar-refractivity contribution is 7.89. The van der Waals surface area contributed by atoms with Crippen molar-refractivity contribution in [3.63, 3.8) is 0 Å². The Morgan fingerprint density at radius 2 is 1.45 bits per heavy atom. The molecule has 0 unspecified atom stereocenters. The number of carbonyl (C=O) groups excluding carboxylic acids is 1. The molecule has 202 valence electrons. The van der Waals surface area contributed by atoms with Gasteiger partial charge in [-0.15, -0.1) is 0 Å². The first-order valence-electron chi connectivity index (χ1n) is 12.3. The van der Waals surface area contributed by atoms with Gasteiger partial charge in [-0.05, 0) is 66.9 Å². The molecule has 3 aromatic carbocycles. The second-order valence-corrected chi connectivity index (χ2v) is 12.8. The van der Waals surface area contributed by atoms with Crippen molar-refractivity contribution < 1.29 is 26.4 Å². The summed E-state index contributed by atoms with van der Waals surface area (Å²) >= 11 is 0. The lowest BCUT2D eigenvalue weighted by Gasteiger charge is -2.26. The molecule has 4 rings (SSSR count). The maximum atomic E-state index is 13.7. The van der Waals surface area contributed by atoms with Gasteiger partial charge in [-0.3, -0.25) is 4.79 Å². The Labute approximate surface area is 224 Å². The van der Waals surface area contributed by atoms with Gasteiger partial charge in [0.05, 0.1) is 23.4 Å². The van der Waals surface area contributed by atoms with Crippen LogP contribution in [0.15, 0.2) is 88.7 Å². The average Bonchev–Trinajstić information content (AvgIpc) is 2.94. The highest BCUT2D eigenvalue weighted by Crippen LogP contribution is 2.25. The standard InChI is InChI=1S/C27H31N3O6S2/c1-36-24-12-10-22(11-13-24)20-30(21-27(31)28-23-8-4-2-5-9-23)38(34,35)26-16-14-25(15-17-26)37(32,33)29-18-6-3-7-19-29/h2,4-5,8-17H,3,6-7,18-21H2,1H3,(H,28,31). The molecule has 9 nitrogen and oxygen atoms in total. The Morgan fingerprint density at radius 1 is 0.842 bits per heavy atom. The Bertz CT molecular complexity index is 1440. The van der Waals surface area contributed by atoms with Crippen molar-refractivity contribution in [3.05, 3.63) is 84.4 Å². The van der Waals surface area contributed by atoms with Crippen molar-refractivity contribution in [2.24, 2.45) is 0 Å². The second-order valence-electron chi connectivity index (χ2n) is 8.97. The number of anilines is 1. The summed E-state index contributed by atoms with van der Waals surface area (Å²) in [5.74, 6) is 0.119. The third kappa shape index (κ3) is 6.60. The van der Waals surface area contributed by atoms with E-state index in [-0.39, 0.29) is 16.3 Å². The van der Waals surface area contributed by atoms with Gasteiger partial charge in [0.25, 0.3) is 0 Å². The predicted molar refractivity (Wildman–Crippen MR) is 145 cm³/mol. The number of sulfonamides is 2. The molecule has 1 saturated heterocycles. The average molecular weight is 558 g/mol. The number of hydrogen-bond donors (Lipinski definition) is 1. The Morgan fingerprint density at radius 3 is 2.05 bits per heavy atom. The molecule has 11 heteroatoms. The Balaban J connectivity index is 1.59. The number of nitrogens with one attached hydrogen (secondary N) is 1. The fourth-order valence-corrected chi connectivity index (χ4v) is 7.13. The van der Waals surface area contributed by atoms with Gasteiger partial charge in [0, 0.05) is 25.3 Å². The molecule has 0 atom stereocenters. The van der Waals surface area contributed by atoms with Gasteiger partial charge < -0.3 is 10.1 Å². The maximum Gasteiger partial charge on any atom is 0.243 e. The van der Waals surface area contributed by atoms with Crippen LogP contribution in [0.5, 0.6) is 5.75 Å². The zero-order valence-electron chi connectivity index (χ0n) is 21.1. The summed E-state index contributed by atoms with van der Waals surface area (Å²) in [6.07, 6.45) is 2.60. The Hall–Kier alpha value is -3.25. The van der Waals surface area contributed by atoms with Gasteiger partial charge in [0.15, 0.2) is 0 Å². The first kappa shape index (κ1) is 27.8. The SMILES string of the molecule is COc1ccc(CN(CC(=O)Nc2ccccc2)S(=O)(=O)c2ccc(S(=O)(=O)N3CCCCC3)cc2)cc1. The van der Waals surface area contributed by atoms with Crippen molar-refractivity contribution in [1.82, 2.24) is 8.61 Å². The largest absolute Gasteiger partial charge is 0.497 e. The van der Waals surface area contributed by atoms with Crippen molar-refractivity contribution in [1.29, 1.82) is 0 Å². The normalized spacial score (nSPS) is 14.8. The lowest BCUT2D eigenvalue weighted by molar-refractivity contribution is -0.116. The lowest BCUT2D eigenvalue weighted by Crippen LogP contribution is -2.37.